The highest BCUT2D eigenvalue weighted by molar-refractivity contribution is 5.96. The van der Waals surface area contributed by atoms with Gasteiger partial charge < -0.3 is 15.4 Å². The fourth-order valence-electron chi connectivity index (χ4n) is 2.86. The molecular formula is C22H28N4O5. The predicted molar refractivity (Wildman–Crippen MR) is 114 cm³/mol. The highest BCUT2D eigenvalue weighted by Crippen LogP contribution is 2.10. The number of nitrogens with zero attached hydrogens (tertiary/aromatic N) is 1. The van der Waals surface area contributed by atoms with E-state index in [-0.39, 0.29) is 18.9 Å². The Kier molecular flexibility index (Phi) is 10.5. The molecule has 0 aliphatic heterocycles. The molecule has 0 aliphatic carbocycles. The molecule has 4 N–H and O–H groups in total. The predicted octanol–water partition coefficient (Wildman–Crippen LogP) is 2.81. The summed E-state index contributed by atoms with van der Waals surface area (Å²) in [5.74, 6) is -0.797. The minimum Gasteiger partial charge on any atom is -0.449 e. The average molecular weight is 428 g/mol. The van der Waals surface area contributed by atoms with Crippen molar-refractivity contribution in [1.82, 2.24) is 15.8 Å². The Balaban J connectivity index is 1.83. The molecule has 1 heterocycles. The SMILES string of the molecule is O=C(CCCCC[C@H](NC(=O)OCCc1ccccn1)C(=O)Nc1ccccc1)NO. The zero-order valence-electron chi connectivity index (χ0n) is 17.3. The summed E-state index contributed by atoms with van der Waals surface area (Å²) >= 11 is 0. The molecular weight excluding hydrogens is 400 g/mol. The molecule has 0 aliphatic rings. The second-order valence-corrected chi connectivity index (χ2v) is 6.89. The summed E-state index contributed by atoms with van der Waals surface area (Å²) in [6, 6.07) is 13.7. The van der Waals surface area contributed by atoms with Crippen molar-refractivity contribution in [2.24, 2.45) is 0 Å². The molecule has 1 aromatic carbocycles. The largest absolute Gasteiger partial charge is 0.449 e. The van der Waals surface area contributed by atoms with E-state index in [0.717, 1.165) is 5.69 Å². The number of hydrogen-bond acceptors (Lipinski definition) is 6. The molecule has 0 radical (unpaired) electrons. The zero-order valence-corrected chi connectivity index (χ0v) is 17.3. The summed E-state index contributed by atoms with van der Waals surface area (Å²) in [6.45, 7) is 0.145. The minimum absolute atomic E-state index is 0.145. The van der Waals surface area contributed by atoms with Crippen molar-refractivity contribution >= 4 is 23.6 Å². The van der Waals surface area contributed by atoms with Gasteiger partial charge >= 0.3 is 6.09 Å². The second-order valence-electron chi connectivity index (χ2n) is 6.89. The number of pyridine rings is 1. The third-order valence-corrected chi connectivity index (χ3v) is 4.49. The number of hydrogen-bond donors (Lipinski definition) is 4. The number of benzene rings is 1. The molecule has 0 fully saturated rings. The van der Waals surface area contributed by atoms with E-state index in [1.54, 1.807) is 35.9 Å². The van der Waals surface area contributed by atoms with Crippen LogP contribution in [0, 0.1) is 0 Å². The fourth-order valence-corrected chi connectivity index (χ4v) is 2.86. The lowest BCUT2D eigenvalue weighted by molar-refractivity contribution is -0.129. The van der Waals surface area contributed by atoms with Crippen molar-refractivity contribution in [1.29, 1.82) is 0 Å². The minimum atomic E-state index is -0.783. The van der Waals surface area contributed by atoms with Crippen LogP contribution in [0.4, 0.5) is 10.5 Å². The normalized spacial score (nSPS) is 11.3. The van der Waals surface area contributed by atoms with Gasteiger partial charge in [-0.15, -0.1) is 0 Å². The van der Waals surface area contributed by atoms with E-state index in [4.69, 9.17) is 9.94 Å². The van der Waals surface area contributed by atoms with Crippen molar-refractivity contribution in [3.63, 3.8) is 0 Å². The number of alkyl carbamates (subject to hydrolysis) is 1. The van der Waals surface area contributed by atoms with Crippen LogP contribution in [0.5, 0.6) is 0 Å². The standard InChI is InChI=1S/C22H28N4O5/c27-20(26-30)13-6-2-5-12-19(21(28)24-18-10-3-1-4-11-18)25-22(29)31-16-14-17-9-7-8-15-23-17/h1,3-4,7-11,15,19,30H,2,5-6,12-14,16H2,(H,24,28)(H,25,29)(H,26,27)/t19-/m0/s1. The maximum absolute atomic E-state index is 12.7. The number of amides is 3. The molecule has 0 saturated carbocycles. The van der Waals surface area contributed by atoms with Gasteiger partial charge in [0.15, 0.2) is 0 Å². The van der Waals surface area contributed by atoms with E-state index in [9.17, 15) is 14.4 Å². The Bertz CT molecular complexity index is 817. The van der Waals surface area contributed by atoms with E-state index in [0.29, 0.717) is 37.8 Å². The molecule has 166 valence electrons. The average Bonchev–Trinajstić information content (AvgIpc) is 2.79. The van der Waals surface area contributed by atoms with Crippen LogP contribution in [0.15, 0.2) is 54.7 Å². The monoisotopic (exact) mass is 428 g/mol. The topological polar surface area (TPSA) is 130 Å². The number of para-hydroxylation sites is 1. The highest BCUT2D eigenvalue weighted by Gasteiger charge is 2.21. The molecule has 0 spiro atoms. The molecule has 31 heavy (non-hydrogen) atoms. The lowest BCUT2D eigenvalue weighted by atomic mass is 10.1. The summed E-state index contributed by atoms with van der Waals surface area (Å²) in [5, 5.41) is 13.9. The van der Waals surface area contributed by atoms with Crippen molar-refractivity contribution in [2.75, 3.05) is 11.9 Å². The third-order valence-electron chi connectivity index (χ3n) is 4.49. The van der Waals surface area contributed by atoms with Gasteiger partial charge in [0.2, 0.25) is 11.8 Å². The summed E-state index contributed by atoms with van der Waals surface area (Å²) in [6.07, 6.45) is 3.89. The molecule has 1 aromatic heterocycles. The summed E-state index contributed by atoms with van der Waals surface area (Å²) in [4.78, 5) is 40.1. The molecule has 9 nitrogen and oxygen atoms in total. The smallest absolute Gasteiger partial charge is 0.407 e. The number of carbonyl (C=O) groups excluding carboxylic acids is 3. The van der Waals surface area contributed by atoms with Gasteiger partial charge in [0.25, 0.3) is 0 Å². The van der Waals surface area contributed by atoms with Gasteiger partial charge in [-0.1, -0.05) is 37.1 Å². The van der Waals surface area contributed by atoms with Crippen LogP contribution in [0.2, 0.25) is 0 Å². The van der Waals surface area contributed by atoms with Crippen LogP contribution in [-0.4, -0.2) is 40.7 Å². The molecule has 2 rings (SSSR count). The summed E-state index contributed by atoms with van der Waals surface area (Å²) in [7, 11) is 0. The number of carbonyl (C=O) groups is 3. The van der Waals surface area contributed by atoms with E-state index < -0.39 is 18.0 Å². The first-order chi connectivity index (χ1) is 15.1. The summed E-state index contributed by atoms with van der Waals surface area (Å²) in [5.41, 5.74) is 3.02. The Morgan fingerprint density at radius 3 is 2.48 bits per heavy atom. The number of unbranched alkanes of at least 4 members (excludes halogenated alkanes) is 2. The van der Waals surface area contributed by atoms with Crippen LogP contribution in [0.3, 0.4) is 0 Å². The molecule has 3 amide bonds. The van der Waals surface area contributed by atoms with Gasteiger partial charge in [-0.2, -0.15) is 0 Å². The molecule has 9 heteroatoms. The number of hydroxylamine groups is 1. The molecule has 0 bridgehead atoms. The first-order valence-corrected chi connectivity index (χ1v) is 10.2. The number of rotatable bonds is 12. The number of nitrogens with one attached hydrogen (secondary N) is 3. The lowest BCUT2D eigenvalue weighted by Crippen LogP contribution is -2.44. The van der Waals surface area contributed by atoms with Crippen LogP contribution in [-0.2, 0) is 20.7 Å². The van der Waals surface area contributed by atoms with Gasteiger partial charge in [-0.25, -0.2) is 10.3 Å². The highest BCUT2D eigenvalue weighted by atomic mass is 16.5. The van der Waals surface area contributed by atoms with Gasteiger partial charge in [0, 0.05) is 30.4 Å². The molecule has 0 saturated heterocycles. The van der Waals surface area contributed by atoms with Gasteiger partial charge in [-0.05, 0) is 37.1 Å². The molecule has 1 atom stereocenters. The molecule has 0 unspecified atom stereocenters. The first-order valence-electron chi connectivity index (χ1n) is 10.2. The Labute approximate surface area is 181 Å². The van der Waals surface area contributed by atoms with Crippen molar-refractivity contribution in [3.8, 4) is 0 Å². The second kappa shape index (κ2) is 13.7. The Morgan fingerprint density at radius 1 is 1.00 bits per heavy atom. The fraction of sp³-hybridized carbons (Fsp3) is 0.364. The van der Waals surface area contributed by atoms with Crippen LogP contribution in [0.1, 0.15) is 37.8 Å². The van der Waals surface area contributed by atoms with Crippen molar-refractivity contribution in [2.45, 2.75) is 44.6 Å². The Hall–Kier alpha value is -3.46. The first kappa shape index (κ1) is 23.8. The van der Waals surface area contributed by atoms with E-state index >= 15 is 0 Å². The maximum Gasteiger partial charge on any atom is 0.407 e. The maximum atomic E-state index is 12.7. The number of ether oxygens (including phenoxy) is 1. The van der Waals surface area contributed by atoms with Gasteiger partial charge in [-0.3, -0.25) is 19.8 Å². The van der Waals surface area contributed by atoms with Gasteiger partial charge in [0.05, 0.1) is 6.61 Å². The molecule has 2 aromatic rings. The van der Waals surface area contributed by atoms with E-state index in [1.165, 1.54) is 0 Å². The van der Waals surface area contributed by atoms with Crippen LogP contribution >= 0.6 is 0 Å². The summed E-state index contributed by atoms with van der Waals surface area (Å²) < 4.78 is 5.20. The Morgan fingerprint density at radius 2 is 1.77 bits per heavy atom. The quantitative estimate of drug-likeness (QED) is 0.234. The van der Waals surface area contributed by atoms with Crippen LogP contribution in [0.25, 0.3) is 0 Å². The lowest BCUT2D eigenvalue weighted by Gasteiger charge is -2.18. The van der Waals surface area contributed by atoms with E-state index in [1.807, 2.05) is 24.3 Å². The number of aromatic nitrogens is 1. The third kappa shape index (κ3) is 9.72. The van der Waals surface area contributed by atoms with E-state index in [2.05, 4.69) is 15.6 Å². The van der Waals surface area contributed by atoms with Gasteiger partial charge in [0.1, 0.15) is 6.04 Å². The zero-order chi connectivity index (χ0) is 22.3. The number of anilines is 1. The van der Waals surface area contributed by atoms with Crippen molar-refractivity contribution in [3.05, 3.63) is 60.4 Å². The van der Waals surface area contributed by atoms with Crippen LogP contribution < -0.4 is 16.1 Å². The van der Waals surface area contributed by atoms with Crippen molar-refractivity contribution < 1.29 is 24.3 Å².